The van der Waals surface area contributed by atoms with Gasteiger partial charge in [0.05, 0.1) is 19.6 Å². The zero-order valence-electron chi connectivity index (χ0n) is 19.3. The Bertz CT molecular complexity index is 316. The third-order valence-electron chi connectivity index (χ3n) is 6.91. The van der Waals surface area contributed by atoms with Crippen LogP contribution >= 0.6 is 0 Å². The summed E-state index contributed by atoms with van der Waals surface area (Å²) in [6.07, 6.45) is 27.0. The highest BCUT2D eigenvalue weighted by atomic mass is 17.1. The molecule has 0 aliphatic carbocycles. The topological polar surface area (TPSA) is 29.5 Å². The molecule has 1 saturated heterocycles. The minimum atomic E-state index is 0.499. The molecule has 1 aliphatic rings. The SMILES string of the molecule is CCCCCCCCCCCCCCCCCC[N+]1(CCOO)CCCCC1. The highest BCUT2D eigenvalue weighted by molar-refractivity contribution is 4.56. The molecular weight excluding hydrogens is 346 g/mol. The van der Waals surface area contributed by atoms with Crippen LogP contribution in [0.3, 0.4) is 0 Å². The van der Waals surface area contributed by atoms with Crippen LogP contribution in [0.2, 0.25) is 0 Å². The Kier molecular flexibility index (Phi) is 17.5. The molecule has 1 rings (SSSR count). The maximum atomic E-state index is 8.71. The van der Waals surface area contributed by atoms with Crippen LogP contribution in [0.5, 0.6) is 0 Å². The van der Waals surface area contributed by atoms with Gasteiger partial charge in [0, 0.05) is 0 Å². The van der Waals surface area contributed by atoms with Crippen molar-refractivity contribution in [2.24, 2.45) is 0 Å². The van der Waals surface area contributed by atoms with E-state index in [1.165, 1.54) is 146 Å². The third kappa shape index (κ3) is 14.0. The van der Waals surface area contributed by atoms with Crippen LogP contribution in [0.1, 0.15) is 129 Å². The van der Waals surface area contributed by atoms with Crippen LogP contribution in [0.4, 0.5) is 0 Å². The fourth-order valence-electron chi connectivity index (χ4n) is 4.97. The van der Waals surface area contributed by atoms with E-state index < -0.39 is 0 Å². The Balaban J connectivity index is 1.84. The van der Waals surface area contributed by atoms with Crippen molar-refractivity contribution >= 4 is 0 Å². The van der Waals surface area contributed by atoms with E-state index in [-0.39, 0.29) is 0 Å². The van der Waals surface area contributed by atoms with Crippen molar-refractivity contribution < 1.29 is 14.6 Å². The number of hydrogen-bond donors (Lipinski definition) is 1. The first-order valence-electron chi connectivity index (χ1n) is 12.9. The first-order valence-corrected chi connectivity index (χ1v) is 12.9. The summed E-state index contributed by atoms with van der Waals surface area (Å²) in [4.78, 5) is 4.39. The molecule has 1 aliphatic heterocycles. The summed E-state index contributed by atoms with van der Waals surface area (Å²) in [5.41, 5.74) is 0. The van der Waals surface area contributed by atoms with E-state index >= 15 is 0 Å². The lowest BCUT2D eigenvalue weighted by Crippen LogP contribution is -2.53. The van der Waals surface area contributed by atoms with Crippen LogP contribution in [-0.2, 0) is 4.89 Å². The number of piperidine rings is 1. The van der Waals surface area contributed by atoms with E-state index in [1.807, 2.05) is 0 Å². The number of rotatable bonds is 20. The van der Waals surface area contributed by atoms with E-state index in [0.717, 1.165) is 6.54 Å². The number of nitrogens with zero attached hydrogens (tertiary/aromatic N) is 1. The van der Waals surface area contributed by atoms with Crippen molar-refractivity contribution in [1.29, 1.82) is 0 Å². The summed E-state index contributed by atoms with van der Waals surface area (Å²) >= 11 is 0. The number of likely N-dealkylation sites (tertiary alicyclic amines) is 1. The summed E-state index contributed by atoms with van der Waals surface area (Å²) in [5.74, 6) is 0. The van der Waals surface area contributed by atoms with E-state index in [9.17, 15) is 0 Å². The lowest BCUT2D eigenvalue weighted by Gasteiger charge is -2.41. The van der Waals surface area contributed by atoms with Gasteiger partial charge in [-0.15, -0.1) is 0 Å². The Morgan fingerprint density at radius 3 is 1.43 bits per heavy atom. The molecule has 1 N–H and O–H groups in total. The first-order chi connectivity index (χ1) is 13.8. The predicted molar refractivity (Wildman–Crippen MR) is 122 cm³/mol. The van der Waals surface area contributed by atoms with Crippen LogP contribution < -0.4 is 0 Å². The van der Waals surface area contributed by atoms with E-state index in [2.05, 4.69) is 11.8 Å². The van der Waals surface area contributed by atoms with Crippen LogP contribution in [0, 0.1) is 0 Å². The van der Waals surface area contributed by atoms with Crippen molar-refractivity contribution in [3.8, 4) is 0 Å². The maximum Gasteiger partial charge on any atom is 0.131 e. The lowest BCUT2D eigenvalue weighted by molar-refractivity contribution is -0.933. The van der Waals surface area contributed by atoms with Gasteiger partial charge in [-0.2, -0.15) is 0 Å². The highest BCUT2D eigenvalue weighted by Gasteiger charge is 2.28. The van der Waals surface area contributed by atoms with Crippen molar-refractivity contribution in [2.75, 3.05) is 32.8 Å². The van der Waals surface area contributed by atoms with Crippen LogP contribution in [0.15, 0.2) is 0 Å². The fourth-order valence-corrected chi connectivity index (χ4v) is 4.97. The lowest BCUT2D eigenvalue weighted by atomic mass is 10.0. The van der Waals surface area contributed by atoms with Crippen molar-refractivity contribution in [3.05, 3.63) is 0 Å². The molecular formula is C25H52NO2+. The predicted octanol–water partition coefficient (Wildman–Crippen LogP) is 7.74. The van der Waals surface area contributed by atoms with Gasteiger partial charge in [-0.25, -0.2) is 4.89 Å². The molecule has 0 radical (unpaired) electrons. The molecule has 1 heterocycles. The molecule has 3 heteroatoms. The Labute approximate surface area is 176 Å². The Morgan fingerprint density at radius 2 is 1.00 bits per heavy atom. The standard InChI is InChI=1S/C25H51NO2/c1-2-3-4-5-6-7-8-9-10-11-12-13-14-15-16-18-21-26(24-25-28-27)22-19-17-20-23-26/h2-25H2,1H3/p+1. The second-order valence-electron chi connectivity index (χ2n) is 9.43. The fraction of sp³-hybridized carbons (Fsp3) is 1.00. The van der Waals surface area contributed by atoms with Crippen LogP contribution in [0.25, 0.3) is 0 Å². The molecule has 28 heavy (non-hydrogen) atoms. The van der Waals surface area contributed by atoms with Gasteiger partial charge in [-0.3, -0.25) is 5.26 Å². The molecule has 1 fully saturated rings. The minimum absolute atomic E-state index is 0.499. The number of hydrogen-bond acceptors (Lipinski definition) is 2. The highest BCUT2D eigenvalue weighted by Crippen LogP contribution is 2.21. The average molecular weight is 399 g/mol. The second kappa shape index (κ2) is 18.9. The summed E-state index contributed by atoms with van der Waals surface area (Å²) in [7, 11) is 0. The number of quaternary nitrogens is 1. The summed E-state index contributed by atoms with van der Waals surface area (Å²) in [6, 6.07) is 0. The summed E-state index contributed by atoms with van der Waals surface area (Å²) in [6.45, 7) is 7.67. The Morgan fingerprint density at radius 1 is 0.571 bits per heavy atom. The molecule has 0 bridgehead atoms. The quantitative estimate of drug-likeness (QED) is 0.0983. The maximum absolute atomic E-state index is 8.71. The minimum Gasteiger partial charge on any atom is -0.322 e. The third-order valence-corrected chi connectivity index (χ3v) is 6.91. The Hall–Kier alpha value is -0.120. The van der Waals surface area contributed by atoms with Gasteiger partial charge in [-0.1, -0.05) is 96.8 Å². The average Bonchev–Trinajstić information content (AvgIpc) is 2.73. The summed E-state index contributed by atoms with van der Waals surface area (Å²) in [5, 5.41) is 8.71. The molecule has 0 aromatic rings. The van der Waals surface area contributed by atoms with Crippen LogP contribution in [-0.4, -0.2) is 42.5 Å². The second-order valence-corrected chi connectivity index (χ2v) is 9.43. The molecule has 3 nitrogen and oxygen atoms in total. The van der Waals surface area contributed by atoms with E-state index in [0.29, 0.717) is 6.61 Å². The molecule has 0 amide bonds. The smallest absolute Gasteiger partial charge is 0.131 e. The van der Waals surface area contributed by atoms with Crippen molar-refractivity contribution in [3.63, 3.8) is 0 Å². The van der Waals surface area contributed by atoms with Gasteiger partial charge >= 0.3 is 0 Å². The molecule has 0 spiro atoms. The van der Waals surface area contributed by atoms with Gasteiger partial charge in [0.2, 0.25) is 0 Å². The van der Waals surface area contributed by atoms with Gasteiger partial charge in [0.25, 0.3) is 0 Å². The van der Waals surface area contributed by atoms with E-state index in [1.54, 1.807) is 0 Å². The number of unbranched alkanes of at least 4 members (excludes halogenated alkanes) is 15. The molecule has 0 atom stereocenters. The molecule has 0 aromatic heterocycles. The van der Waals surface area contributed by atoms with Gasteiger partial charge < -0.3 is 4.48 Å². The molecule has 168 valence electrons. The monoisotopic (exact) mass is 398 g/mol. The first kappa shape index (κ1) is 25.9. The molecule has 0 saturated carbocycles. The normalized spacial score (nSPS) is 16.5. The zero-order valence-corrected chi connectivity index (χ0v) is 19.3. The van der Waals surface area contributed by atoms with Gasteiger partial charge in [0.1, 0.15) is 13.2 Å². The van der Waals surface area contributed by atoms with Crippen molar-refractivity contribution in [2.45, 2.75) is 129 Å². The van der Waals surface area contributed by atoms with Crippen molar-refractivity contribution in [1.82, 2.24) is 0 Å². The largest absolute Gasteiger partial charge is 0.322 e. The van der Waals surface area contributed by atoms with Gasteiger partial charge in [0.15, 0.2) is 0 Å². The van der Waals surface area contributed by atoms with Gasteiger partial charge in [-0.05, 0) is 32.1 Å². The van der Waals surface area contributed by atoms with E-state index in [4.69, 9.17) is 5.26 Å². The molecule has 0 unspecified atom stereocenters. The zero-order chi connectivity index (χ0) is 20.2. The molecule has 0 aromatic carbocycles. The summed E-state index contributed by atoms with van der Waals surface area (Å²) < 4.78 is 1.19.